The Hall–Kier alpha value is -4.20. The molecule has 2 fully saturated rings. The van der Waals surface area contributed by atoms with Crippen molar-refractivity contribution in [3.05, 3.63) is 121 Å². The highest BCUT2D eigenvalue weighted by molar-refractivity contribution is 7.80. The van der Waals surface area contributed by atoms with E-state index in [2.05, 4.69) is 111 Å². The molecule has 4 heterocycles. The topological polar surface area (TPSA) is 45.6 Å². The van der Waals surface area contributed by atoms with E-state index < -0.39 is 0 Å². The second kappa shape index (κ2) is 10.2. The average Bonchev–Trinajstić information content (AvgIpc) is 3.62. The second-order valence-electron chi connectivity index (χ2n) is 9.95. The van der Waals surface area contributed by atoms with E-state index in [1.54, 1.807) is 0 Å². The Morgan fingerprint density at radius 3 is 2.31 bits per heavy atom. The molecule has 2 atom stereocenters. The summed E-state index contributed by atoms with van der Waals surface area (Å²) in [4.78, 5) is 9.33. The number of rotatable bonds is 5. The molecule has 2 aliphatic rings. The molecule has 0 aliphatic carbocycles. The van der Waals surface area contributed by atoms with Crippen molar-refractivity contribution in [2.24, 2.45) is 0 Å². The number of pyridine rings is 1. The molecule has 0 unspecified atom stereocenters. The minimum absolute atomic E-state index is 0.0943. The van der Waals surface area contributed by atoms with Gasteiger partial charge >= 0.3 is 0 Å². The minimum atomic E-state index is -0.105. The molecular weight excluding hydrogens is 502 g/mol. The first-order chi connectivity index (χ1) is 19.3. The van der Waals surface area contributed by atoms with Crippen LogP contribution < -0.4 is 15.1 Å². The predicted octanol–water partition coefficient (Wildman–Crippen LogP) is 6.04. The maximum absolute atomic E-state index is 5.98. The van der Waals surface area contributed by atoms with Crippen molar-refractivity contribution in [2.75, 3.05) is 36.1 Å². The van der Waals surface area contributed by atoms with E-state index in [0.29, 0.717) is 5.11 Å². The number of fused-ring (bicyclic) bond motifs is 1. The van der Waals surface area contributed by atoms with Gasteiger partial charge < -0.3 is 24.4 Å². The molecule has 2 saturated heterocycles. The summed E-state index contributed by atoms with van der Waals surface area (Å²) in [5, 5.41) is 6.74. The lowest BCUT2D eigenvalue weighted by Crippen LogP contribution is -2.36. The number of hydrogen-bond donors (Lipinski definition) is 1. The Kier molecular flexibility index (Phi) is 6.23. The molecule has 6 nitrogen and oxygen atoms in total. The molecule has 0 saturated carbocycles. The monoisotopic (exact) mass is 531 g/mol. The number of benzene rings is 3. The summed E-state index contributed by atoms with van der Waals surface area (Å²) in [7, 11) is 0. The smallest absolute Gasteiger partial charge is 0.174 e. The Bertz CT molecular complexity index is 1610. The maximum atomic E-state index is 5.98. The number of ether oxygens (including phenoxy) is 1. The van der Waals surface area contributed by atoms with Crippen molar-refractivity contribution in [2.45, 2.75) is 12.1 Å². The first-order valence-electron chi connectivity index (χ1n) is 13.4. The molecule has 1 N–H and O–H groups in total. The van der Waals surface area contributed by atoms with Crippen molar-refractivity contribution >= 4 is 39.5 Å². The van der Waals surface area contributed by atoms with Gasteiger partial charge in [-0.15, -0.1) is 0 Å². The molecule has 5 aromatic rings. The van der Waals surface area contributed by atoms with Gasteiger partial charge in [0, 0.05) is 48.2 Å². The summed E-state index contributed by atoms with van der Waals surface area (Å²) in [5.41, 5.74) is 5.49. The molecule has 2 aliphatic heterocycles. The van der Waals surface area contributed by atoms with Gasteiger partial charge in [0.25, 0.3) is 0 Å². The Morgan fingerprint density at radius 2 is 1.51 bits per heavy atom. The van der Waals surface area contributed by atoms with Gasteiger partial charge in [-0.3, -0.25) is 4.98 Å². The molecule has 0 radical (unpaired) electrons. The molecule has 3 aromatic carbocycles. The van der Waals surface area contributed by atoms with Crippen LogP contribution >= 0.6 is 12.2 Å². The van der Waals surface area contributed by atoms with E-state index in [9.17, 15) is 0 Å². The van der Waals surface area contributed by atoms with Gasteiger partial charge in [0.1, 0.15) is 6.04 Å². The summed E-state index contributed by atoms with van der Waals surface area (Å²) >= 11 is 5.98. The second-order valence-corrected chi connectivity index (χ2v) is 10.3. The average molecular weight is 532 g/mol. The summed E-state index contributed by atoms with van der Waals surface area (Å²) in [5.74, 6) is 0. The number of hydrogen-bond acceptors (Lipinski definition) is 4. The molecule has 39 heavy (non-hydrogen) atoms. The van der Waals surface area contributed by atoms with E-state index in [-0.39, 0.29) is 12.1 Å². The van der Waals surface area contributed by atoms with Crippen LogP contribution in [0.3, 0.4) is 0 Å². The maximum Gasteiger partial charge on any atom is 0.174 e. The number of nitrogens with zero attached hydrogens (tertiary/aromatic N) is 4. The van der Waals surface area contributed by atoms with E-state index in [4.69, 9.17) is 21.9 Å². The number of morpholine rings is 1. The number of aromatic nitrogens is 2. The van der Waals surface area contributed by atoms with Crippen LogP contribution in [0.15, 0.2) is 109 Å². The van der Waals surface area contributed by atoms with Crippen LogP contribution in [0.1, 0.15) is 23.5 Å². The standard InChI is InChI=1S/C32H29N5OS/c39-32-34-30(28-8-3-4-16-33-28)31(37(32)26-14-12-25(13-15-26)35-18-20-38-21-19-35)29-9-5-17-36(29)27-11-10-23-6-1-2-7-24(23)22-27/h1-17,22,30-31H,18-21H2,(H,34,39)/t30-,31-/m0/s1. The number of nitrogens with one attached hydrogen (secondary N) is 1. The molecule has 2 aromatic heterocycles. The lowest BCUT2D eigenvalue weighted by molar-refractivity contribution is 0.122. The van der Waals surface area contributed by atoms with E-state index in [1.807, 2.05) is 18.3 Å². The van der Waals surface area contributed by atoms with Gasteiger partial charge in [0.15, 0.2) is 5.11 Å². The molecule has 0 spiro atoms. The van der Waals surface area contributed by atoms with Crippen molar-refractivity contribution < 1.29 is 4.74 Å². The largest absolute Gasteiger partial charge is 0.378 e. The minimum Gasteiger partial charge on any atom is -0.378 e. The summed E-state index contributed by atoms with van der Waals surface area (Å²) in [6.45, 7) is 3.35. The fourth-order valence-electron chi connectivity index (χ4n) is 5.78. The highest BCUT2D eigenvalue weighted by Gasteiger charge is 2.42. The SMILES string of the molecule is S=C1N[C@@H](c2ccccn2)[C@H](c2cccn2-c2ccc3ccccc3c2)N1c1ccc(N2CCOCC2)cc1. The molecule has 194 valence electrons. The van der Waals surface area contributed by atoms with Crippen LogP contribution in [0.5, 0.6) is 0 Å². The van der Waals surface area contributed by atoms with Crippen LogP contribution in [0.2, 0.25) is 0 Å². The van der Waals surface area contributed by atoms with Gasteiger partial charge in [-0.25, -0.2) is 0 Å². The zero-order chi connectivity index (χ0) is 26.2. The van der Waals surface area contributed by atoms with Crippen LogP contribution in [0.25, 0.3) is 16.5 Å². The number of anilines is 2. The number of thiocarbonyl (C=S) groups is 1. The van der Waals surface area contributed by atoms with Crippen LogP contribution in [-0.2, 0) is 4.74 Å². The summed E-state index contributed by atoms with van der Waals surface area (Å²) < 4.78 is 7.81. The predicted molar refractivity (Wildman–Crippen MR) is 161 cm³/mol. The Balaban J connectivity index is 1.31. The van der Waals surface area contributed by atoms with Crippen molar-refractivity contribution in [1.29, 1.82) is 0 Å². The summed E-state index contributed by atoms with van der Waals surface area (Å²) in [6.07, 6.45) is 3.98. The third-order valence-corrected chi connectivity index (χ3v) is 8.01. The van der Waals surface area contributed by atoms with Gasteiger partial charge in [-0.2, -0.15) is 0 Å². The van der Waals surface area contributed by atoms with Crippen molar-refractivity contribution in [3.8, 4) is 5.69 Å². The molecular formula is C32H29N5OS. The zero-order valence-electron chi connectivity index (χ0n) is 21.5. The molecule has 7 heteroatoms. The lowest BCUT2D eigenvalue weighted by atomic mass is 10.0. The first kappa shape index (κ1) is 23.9. The van der Waals surface area contributed by atoms with Gasteiger partial charge in [-0.1, -0.05) is 36.4 Å². The normalized spacial score (nSPS) is 19.4. The lowest BCUT2D eigenvalue weighted by Gasteiger charge is -2.31. The van der Waals surface area contributed by atoms with Gasteiger partial charge in [-0.05, 0) is 83.7 Å². The molecule has 0 bridgehead atoms. The third kappa shape index (κ3) is 4.43. The summed E-state index contributed by atoms with van der Waals surface area (Å²) in [6, 6.07) is 34.0. The van der Waals surface area contributed by atoms with Crippen LogP contribution in [0, 0.1) is 0 Å². The zero-order valence-corrected chi connectivity index (χ0v) is 22.3. The van der Waals surface area contributed by atoms with Crippen LogP contribution in [0.4, 0.5) is 11.4 Å². The highest BCUT2D eigenvalue weighted by Crippen LogP contribution is 2.42. The first-order valence-corrected chi connectivity index (χ1v) is 13.8. The van der Waals surface area contributed by atoms with E-state index >= 15 is 0 Å². The molecule has 0 amide bonds. The fourth-order valence-corrected chi connectivity index (χ4v) is 6.12. The van der Waals surface area contributed by atoms with Crippen molar-refractivity contribution in [3.63, 3.8) is 0 Å². The van der Waals surface area contributed by atoms with Crippen LogP contribution in [-0.4, -0.2) is 41.0 Å². The van der Waals surface area contributed by atoms with Gasteiger partial charge in [0.2, 0.25) is 0 Å². The van der Waals surface area contributed by atoms with Gasteiger partial charge in [0.05, 0.1) is 24.9 Å². The fraction of sp³-hybridized carbons (Fsp3) is 0.188. The quantitative estimate of drug-likeness (QED) is 0.279. The third-order valence-electron chi connectivity index (χ3n) is 7.70. The van der Waals surface area contributed by atoms with E-state index in [1.165, 1.54) is 16.5 Å². The molecule has 7 rings (SSSR count). The Labute approximate surface area is 233 Å². The van der Waals surface area contributed by atoms with E-state index in [0.717, 1.165) is 49.1 Å². The Morgan fingerprint density at radius 1 is 0.769 bits per heavy atom. The van der Waals surface area contributed by atoms with Crippen molar-refractivity contribution in [1.82, 2.24) is 14.9 Å². The highest BCUT2D eigenvalue weighted by atomic mass is 32.1.